The smallest absolute Gasteiger partial charge is 0.248 e. The SMILES string of the molecule is Cc1nn([C@@H]2CCS(=O)(=O)C2)c(Cl)c1/C=C/C(=O)Nc1ccccc1F. The van der Waals surface area contributed by atoms with E-state index >= 15 is 0 Å². The Kier molecular flexibility index (Phi) is 5.15. The molecule has 1 aromatic carbocycles. The number of anilines is 1. The summed E-state index contributed by atoms with van der Waals surface area (Å²) in [4.78, 5) is 12.0. The van der Waals surface area contributed by atoms with Gasteiger partial charge in [0.05, 0.1) is 28.9 Å². The van der Waals surface area contributed by atoms with Gasteiger partial charge in [-0.2, -0.15) is 5.10 Å². The van der Waals surface area contributed by atoms with Gasteiger partial charge in [-0.15, -0.1) is 0 Å². The molecular weight excluding hydrogens is 381 g/mol. The highest BCUT2D eigenvalue weighted by atomic mass is 35.5. The monoisotopic (exact) mass is 397 g/mol. The largest absolute Gasteiger partial charge is 0.320 e. The van der Waals surface area contributed by atoms with Gasteiger partial charge in [0.25, 0.3) is 0 Å². The van der Waals surface area contributed by atoms with Gasteiger partial charge in [-0.25, -0.2) is 17.5 Å². The Balaban J connectivity index is 1.77. The normalized spacial score (nSPS) is 19.1. The van der Waals surface area contributed by atoms with Gasteiger partial charge in [0.2, 0.25) is 5.91 Å². The van der Waals surface area contributed by atoms with Crippen molar-refractivity contribution in [3.8, 4) is 0 Å². The van der Waals surface area contributed by atoms with Gasteiger partial charge in [-0.3, -0.25) is 4.79 Å². The Morgan fingerprint density at radius 3 is 2.81 bits per heavy atom. The third-order valence-corrected chi connectivity index (χ3v) is 6.29. The lowest BCUT2D eigenvalue weighted by molar-refractivity contribution is -0.111. The fourth-order valence-electron chi connectivity index (χ4n) is 2.83. The number of carbonyl (C=O) groups excluding carboxylic acids is 1. The summed E-state index contributed by atoms with van der Waals surface area (Å²) in [5, 5.41) is 7.03. The third kappa shape index (κ3) is 3.96. The summed E-state index contributed by atoms with van der Waals surface area (Å²) in [5.41, 5.74) is 1.19. The molecule has 1 N–H and O–H groups in total. The van der Waals surface area contributed by atoms with Crippen molar-refractivity contribution in [3.05, 3.63) is 52.6 Å². The number of rotatable bonds is 4. The Morgan fingerprint density at radius 2 is 2.15 bits per heavy atom. The molecule has 2 aromatic rings. The van der Waals surface area contributed by atoms with Gasteiger partial charge in [0, 0.05) is 11.6 Å². The number of amides is 1. The highest BCUT2D eigenvalue weighted by Gasteiger charge is 2.31. The van der Waals surface area contributed by atoms with Crippen molar-refractivity contribution in [3.63, 3.8) is 0 Å². The molecule has 0 aliphatic carbocycles. The summed E-state index contributed by atoms with van der Waals surface area (Å²) in [7, 11) is -3.07. The summed E-state index contributed by atoms with van der Waals surface area (Å²) >= 11 is 6.33. The van der Waals surface area contributed by atoms with Crippen molar-refractivity contribution in [2.45, 2.75) is 19.4 Å². The maximum Gasteiger partial charge on any atom is 0.248 e. The van der Waals surface area contributed by atoms with Crippen molar-refractivity contribution >= 4 is 39.1 Å². The van der Waals surface area contributed by atoms with Crippen molar-refractivity contribution in [2.24, 2.45) is 0 Å². The van der Waals surface area contributed by atoms with Gasteiger partial charge in [-0.05, 0) is 31.6 Å². The number of hydrogen-bond acceptors (Lipinski definition) is 4. The van der Waals surface area contributed by atoms with E-state index in [1.54, 1.807) is 13.0 Å². The minimum absolute atomic E-state index is 0.00473. The Labute approximate surface area is 155 Å². The van der Waals surface area contributed by atoms with Crippen molar-refractivity contribution in [2.75, 3.05) is 16.8 Å². The van der Waals surface area contributed by atoms with Crippen molar-refractivity contribution in [1.29, 1.82) is 0 Å². The Hall–Kier alpha value is -2.19. The number of sulfone groups is 1. The van der Waals surface area contributed by atoms with E-state index in [2.05, 4.69) is 10.4 Å². The summed E-state index contributed by atoms with van der Waals surface area (Å²) in [6, 6.07) is 5.54. The molecule has 26 heavy (non-hydrogen) atoms. The topological polar surface area (TPSA) is 81.1 Å². The molecule has 1 fully saturated rings. The molecule has 0 unspecified atom stereocenters. The number of halogens is 2. The maximum atomic E-state index is 13.6. The van der Waals surface area contributed by atoms with E-state index in [1.165, 1.54) is 35.0 Å². The lowest BCUT2D eigenvalue weighted by Gasteiger charge is -2.09. The van der Waals surface area contributed by atoms with Crippen molar-refractivity contribution in [1.82, 2.24) is 9.78 Å². The highest BCUT2D eigenvalue weighted by molar-refractivity contribution is 7.91. The highest BCUT2D eigenvalue weighted by Crippen LogP contribution is 2.30. The van der Waals surface area contributed by atoms with Gasteiger partial charge in [0.1, 0.15) is 11.0 Å². The average Bonchev–Trinajstić information content (AvgIpc) is 3.07. The van der Waals surface area contributed by atoms with Crippen LogP contribution in [0.4, 0.5) is 10.1 Å². The molecule has 6 nitrogen and oxygen atoms in total. The Morgan fingerprint density at radius 1 is 1.42 bits per heavy atom. The van der Waals surface area contributed by atoms with Gasteiger partial charge in [0.15, 0.2) is 9.84 Å². The van der Waals surface area contributed by atoms with Crippen LogP contribution in [-0.2, 0) is 14.6 Å². The third-order valence-electron chi connectivity index (χ3n) is 4.16. The second kappa shape index (κ2) is 7.20. The lowest BCUT2D eigenvalue weighted by atomic mass is 10.2. The molecule has 0 radical (unpaired) electrons. The summed E-state index contributed by atoms with van der Waals surface area (Å²) in [6.45, 7) is 1.72. The first-order valence-corrected chi connectivity index (χ1v) is 10.2. The minimum Gasteiger partial charge on any atom is -0.320 e. The van der Waals surface area contributed by atoms with Crippen LogP contribution in [0.3, 0.4) is 0 Å². The number of carbonyl (C=O) groups is 1. The molecule has 3 rings (SSSR count). The summed E-state index contributed by atoms with van der Waals surface area (Å²) in [5.74, 6) is -0.922. The van der Waals surface area contributed by atoms with Crippen LogP contribution in [-0.4, -0.2) is 35.6 Å². The molecule has 1 atom stereocenters. The number of hydrogen-bond donors (Lipinski definition) is 1. The molecule has 2 heterocycles. The van der Waals surface area contributed by atoms with E-state index in [0.29, 0.717) is 17.7 Å². The number of aryl methyl sites for hydroxylation is 1. The zero-order chi connectivity index (χ0) is 18.9. The van der Waals surface area contributed by atoms with Crippen LogP contribution in [0.15, 0.2) is 30.3 Å². The Bertz CT molecular complexity index is 985. The number of nitrogens with zero attached hydrogens (tertiary/aromatic N) is 2. The fraction of sp³-hybridized carbons (Fsp3) is 0.294. The summed E-state index contributed by atoms with van der Waals surface area (Å²) in [6.07, 6.45) is 3.18. The second-order valence-corrected chi connectivity index (χ2v) is 8.68. The molecule has 1 saturated heterocycles. The molecule has 9 heteroatoms. The van der Waals surface area contributed by atoms with E-state index in [0.717, 1.165) is 0 Å². The molecule has 1 amide bonds. The van der Waals surface area contributed by atoms with Crippen LogP contribution in [0.5, 0.6) is 0 Å². The molecule has 1 aliphatic rings. The molecule has 1 aliphatic heterocycles. The first kappa shape index (κ1) is 18.6. The van der Waals surface area contributed by atoms with Gasteiger partial charge in [-0.1, -0.05) is 23.7 Å². The van der Waals surface area contributed by atoms with E-state index in [9.17, 15) is 17.6 Å². The molecular formula is C17H17ClFN3O3S. The van der Waals surface area contributed by atoms with Crippen LogP contribution in [0.2, 0.25) is 5.15 Å². The average molecular weight is 398 g/mol. The minimum atomic E-state index is -3.07. The van der Waals surface area contributed by atoms with E-state index in [1.807, 2.05) is 0 Å². The molecule has 0 saturated carbocycles. The fourth-order valence-corrected chi connectivity index (χ4v) is 4.90. The quantitative estimate of drug-likeness (QED) is 0.804. The van der Waals surface area contributed by atoms with Gasteiger partial charge < -0.3 is 5.32 Å². The number of para-hydroxylation sites is 1. The predicted octanol–water partition coefficient (Wildman–Crippen LogP) is 3.00. The van der Waals surface area contributed by atoms with E-state index in [4.69, 9.17) is 11.6 Å². The first-order valence-electron chi connectivity index (χ1n) is 7.95. The van der Waals surface area contributed by atoms with E-state index in [-0.39, 0.29) is 28.4 Å². The number of benzene rings is 1. The molecule has 1 aromatic heterocycles. The number of aromatic nitrogens is 2. The zero-order valence-electron chi connectivity index (χ0n) is 13.9. The van der Waals surface area contributed by atoms with Crippen LogP contribution in [0.1, 0.15) is 23.7 Å². The summed E-state index contributed by atoms with van der Waals surface area (Å²) < 4.78 is 38.4. The first-order chi connectivity index (χ1) is 12.3. The van der Waals surface area contributed by atoms with Crippen LogP contribution in [0, 0.1) is 12.7 Å². The molecule has 0 spiro atoms. The maximum absolute atomic E-state index is 13.6. The zero-order valence-corrected chi connectivity index (χ0v) is 15.5. The van der Waals surface area contributed by atoms with Crippen LogP contribution < -0.4 is 5.32 Å². The van der Waals surface area contributed by atoms with Crippen LogP contribution in [0.25, 0.3) is 6.08 Å². The predicted molar refractivity (Wildman–Crippen MR) is 98.3 cm³/mol. The van der Waals surface area contributed by atoms with Crippen LogP contribution >= 0.6 is 11.6 Å². The standard InChI is InChI=1S/C17H17ClFN3O3S/c1-11-13(6-7-16(23)20-15-5-3-2-4-14(15)19)17(18)22(21-11)12-8-9-26(24,25)10-12/h2-7,12H,8-10H2,1H3,(H,20,23)/b7-6+/t12-/m1/s1. The molecule has 0 bridgehead atoms. The lowest BCUT2D eigenvalue weighted by Crippen LogP contribution is -2.12. The van der Waals surface area contributed by atoms with Crippen molar-refractivity contribution < 1.29 is 17.6 Å². The molecule has 138 valence electrons. The van der Waals surface area contributed by atoms with E-state index < -0.39 is 21.6 Å². The second-order valence-electron chi connectivity index (χ2n) is 6.09. The van der Waals surface area contributed by atoms with Gasteiger partial charge >= 0.3 is 0 Å². The number of nitrogens with one attached hydrogen (secondary N) is 1.